The molecule has 0 aliphatic carbocycles. The molecule has 0 spiro atoms. The van der Waals surface area contributed by atoms with Gasteiger partial charge < -0.3 is 9.84 Å². The highest BCUT2D eigenvalue weighted by Gasteiger charge is 2.28. The van der Waals surface area contributed by atoms with Gasteiger partial charge in [0, 0.05) is 6.20 Å². The number of hydrogen-bond acceptors (Lipinski definition) is 4. The van der Waals surface area contributed by atoms with E-state index in [0.717, 1.165) is 0 Å². The van der Waals surface area contributed by atoms with E-state index in [0.29, 0.717) is 12.1 Å². The van der Waals surface area contributed by atoms with Crippen molar-refractivity contribution in [2.75, 3.05) is 6.61 Å². The van der Waals surface area contributed by atoms with E-state index >= 15 is 0 Å². The monoisotopic (exact) mass is 280 g/mol. The Bertz CT molecular complexity index is 501. The highest BCUT2D eigenvalue weighted by molar-refractivity contribution is 5.94. The Labute approximate surface area is 118 Å². The Morgan fingerprint density at radius 1 is 1.50 bits per heavy atom. The molecule has 110 valence electrons. The van der Waals surface area contributed by atoms with Gasteiger partial charge in [0.2, 0.25) is 0 Å². The summed E-state index contributed by atoms with van der Waals surface area (Å²) in [6.45, 7) is 6.42. The summed E-state index contributed by atoms with van der Waals surface area (Å²) in [7, 11) is 0. The van der Waals surface area contributed by atoms with Crippen molar-refractivity contribution in [3.63, 3.8) is 0 Å². The molecule has 1 heterocycles. The van der Waals surface area contributed by atoms with Crippen molar-refractivity contribution < 1.29 is 19.4 Å². The predicted molar refractivity (Wildman–Crippen MR) is 73.1 cm³/mol. The van der Waals surface area contributed by atoms with Crippen LogP contribution in [-0.2, 0) is 27.3 Å². The highest BCUT2D eigenvalue weighted by atomic mass is 16.5. The second-order valence-corrected chi connectivity index (χ2v) is 4.70. The number of nitrogens with zero attached hydrogens (tertiary/aromatic N) is 2. The predicted octanol–water partition coefficient (Wildman–Crippen LogP) is 1.66. The number of aromatic nitrogens is 2. The molecule has 6 heteroatoms. The van der Waals surface area contributed by atoms with Crippen molar-refractivity contribution in [2.24, 2.45) is 5.92 Å². The van der Waals surface area contributed by atoms with Crippen LogP contribution in [0.1, 0.15) is 26.3 Å². The van der Waals surface area contributed by atoms with Crippen molar-refractivity contribution in [1.82, 2.24) is 9.78 Å². The van der Waals surface area contributed by atoms with Gasteiger partial charge in [0.1, 0.15) is 0 Å². The highest BCUT2D eigenvalue weighted by Crippen LogP contribution is 2.11. The number of hydrogen-bond donors (Lipinski definition) is 1. The molecule has 0 radical (unpaired) electrons. The van der Waals surface area contributed by atoms with Crippen molar-refractivity contribution in [1.29, 1.82) is 0 Å². The van der Waals surface area contributed by atoms with Gasteiger partial charge in [0.25, 0.3) is 0 Å². The van der Waals surface area contributed by atoms with Gasteiger partial charge in [-0.3, -0.25) is 14.3 Å². The Morgan fingerprint density at radius 3 is 2.75 bits per heavy atom. The summed E-state index contributed by atoms with van der Waals surface area (Å²) in [6.07, 6.45) is 5.42. The smallest absolute Gasteiger partial charge is 0.320 e. The molecule has 20 heavy (non-hydrogen) atoms. The van der Waals surface area contributed by atoms with Gasteiger partial charge in [-0.25, -0.2) is 0 Å². The van der Waals surface area contributed by atoms with Crippen LogP contribution in [0.25, 0.3) is 0 Å². The quantitative estimate of drug-likeness (QED) is 0.466. The van der Waals surface area contributed by atoms with E-state index in [1.807, 2.05) is 19.9 Å². The zero-order valence-electron chi connectivity index (χ0n) is 12.0. The number of ether oxygens (including phenoxy) is 1. The summed E-state index contributed by atoms with van der Waals surface area (Å²) in [6, 6.07) is 0. The number of carbonyl (C=O) groups excluding carboxylic acids is 1. The number of allylic oxidation sites excluding steroid dienone is 2. The number of carboxylic acid groups (broad SMARTS) is 1. The molecule has 6 nitrogen and oxygen atoms in total. The van der Waals surface area contributed by atoms with Crippen LogP contribution in [0.3, 0.4) is 0 Å². The van der Waals surface area contributed by atoms with Crippen molar-refractivity contribution in [2.45, 2.75) is 33.7 Å². The summed E-state index contributed by atoms with van der Waals surface area (Å²) in [5.74, 6) is -3.08. The lowest BCUT2D eigenvalue weighted by Crippen LogP contribution is -2.27. The summed E-state index contributed by atoms with van der Waals surface area (Å²) < 4.78 is 6.47. The molecule has 1 atom stereocenters. The fourth-order valence-electron chi connectivity index (χ4n) is 1.64. The molecular formula is C14H20N2O4. The number of rotatable bonds is 7. The molecule has 1 aromatic heterocycles. The van der Waals surface area contributed by atoms with E-state index in [2.05, 4.69) is 5.10 Å². The molecule has 0 aliphatic rings. The van der Waals surface area contributed by atoms with Gasteiger partial charge in [0.05, 0.1) is 19.3 Å². The van der Waals surface area contributed by atoms with Crippen LogP contribution in [-0.4, -0.2) is 33.4 Å². The Kier molecular flexibility index (Phi) is 5.96. The largest absolute Gasteiger partial charge is 0.481 e. The standard InChI is InChI=1S/C14H20N2O4/c1-4-20-14(19)12(13(17)18)7-11-8-15-16(9-11)6-5-10(2)3/h5,8-9,12H,4,6-7H2,1-3H3,(H,17,18). The Morgan fingerprint density at radius 2 is 2.20 bits per heavy atom. The second-order valence-electron chi connectivity index (χ2n) is 4.70. The molecule has 0 amide bonds. The lowest BCUT2D eigenvalue weighted by atomic mass is 10.0. The van der Waals surface area contributed by atoms with Gasteiger partial charge in [-0.2, -0.15) is 5.10 Å². The van der Waals surface area contributed by atoms with E-state index < -0.39 is 17.9 Å². The minimum absolute atomic E-state index is 0.0863. The van der Waals surface area contributed by atoms with Crippen LogP contribution >= 0.6 is 0 Å². The topological polar surface area (TPSA) is 81.4 Å². The average molecular weight is 280 g/mol. The first-order chi connectivity index (χ1) is 9.43. The maximum atomic E-state index is 11.6. The van der Waals surface area contributed by atoms with E-state index in [1.54, 1.807) is 24.0 Å². The van der Waals surface area contributed by atoms with E-state index in [1.165, 1.54) is 5.57 Å². The molecule has 1 unspecified atom stereocenters. The Balaban J connectivity index is 2.72. The Hall–Kier alpha value is -2.11. The summed E-state index contributed by atoms with van der Waals surface area (Å²) in [5, 5.41) is 13.2. The van der Waals surface area contributed by atoms with Crippen LogP contribution in [0.15, 0.2) is 24.0 Å². The normalized spacial score (nSPS) is 11.8. The summed E-state index contributed by atoms with van der Waals surface area (Å²) in [4.78, 5) is 22.7. The van der Waals surface area contributed by atoms with Crippen LogP contribution in [0, 0.1) is 5.92 Å². The SMILES string of the molecule is CCOC(=O)C(Cc1cnn(CC=C(C)C)c1)C(=O)O. The third-order valence-corrected chi connectivity index (χ3v) is 2.68. The number of carbonyl (C=O) groups is 2. The van der Waals surface area contributed by atoms with E-state index in [9.17, 15) is 9.59 Å². The maximum Gasteiger partial charge on any atom is 0.320 e. The zero-order chi connectivity index (χ0) is 15.1. The first-order valence-corrected chi connectivity index (χ1v) is 6.48. The molecule has 0 fully saturated rings. The van der Waals surface area contributed by atoms with Gasteiger partial charge in [-0.15, -0.1) is 0 Å². The summed E-state index contributed by atoms with van der Waals surface area (Å²) >= 11 is 0. The second kappa shape index (κ2) is 7.47. The lowest BCUT2D eigenvalue weighted by molar-refractivity contribution is -0.158. The van der Waals surface area contributed by atoms with E-state index in [-0.39, 0.29) is 13.0 Å². The molecule has 0 saturated carbocycles. The molecule has 0 bridgehead atoms. The first-order valence-electron chi connectivity index (χ1n) is 6.48. The lowest BCUT2D eigenvalue weighted by Gasteiger charge is -2.09. The molecular weight excluding hydrogens is 260 g/mol. The fourth-order valence-corrected chi connectivity index (χ4v) is 1.64. The van der Waals surface area contributed by atoms with Crippen LogP contribution in [0.4, 0.5) is 0 Å². The van der Waals surface area contributed by atoms with Crippen LogP contribution in [0.2, 0.25) is 0 Å². The maximum absolute atomic E-state index is 11.6. The average Bonchev–Trinajstić information content (AvgIpc) is 2.81. The van der Waals surface area contributed by atoms with Crippen LogP contribution < -0.4 is 0 Å². The summed E-state index contributed by atoms with van der Waals surface area (Å²) in [5.41, 5.74) is 1.88. The van der Waals surface area contributed by atoms with Crippen molar-refractivity contribution in [3.8, 4) is 0 Å². The third kappa shape index (κ3) is 4.87. The number of esters is 1. The molecule has 1 N–H and O–H groups in total. The minimum Gasteiger partial charge on any atom is -0.481 e. The van der Waals surface area contributed by atoms with Gasteiger partial charge >= 0.3 is 11.9 Å². The van der Waals surface area contributed by atoms with Gasteiger partial charge in [-0.05, 0) is 32.8 Å². The molecule has 1 rings (SSSR count). The van der Waals surface area contributed by atoms with Crippen LogP contribution in [0.5, 0.6) is 0 Å². The molecule has 1 aromatic rings. The molecule has 0 aromatic carbocycles. The molecule has 0 saturated heterocycles. The van der Waals surface area contributed by atoms with E-state index in [4.69, 9.17) is 9.84 Å². The van der Waals surface area contributed by atoms with Gasteiger partial charge in [0.15, 0.2) is 5.92 Å². The third-order valence-electron chi connectivity index (χ3n) is 2.68. The first kappa shape index (κ1) is 15.9. The number of carboxylic acids is 1. The fraction of sp³-hybridized carbons (Fsp3) is 0.500. The minimum atomic E-state index is -1.18. The molecule has 0 aliphatic heterocycles. The zero-order valence-corrected chi connectivity index (χ0v) is 12.0. The van der Waals surface area contributed by atoms with Gasteiger partial charge in [-0.1, -0.05) is 11.6 Å². The number of aliphatic carboxylic acids is 1. The van der Waals surface area contributed by atoms with Crippen molar-refractivity contribution >= 4 is 11.9 Å². The van der Waals surface area contributed by atoms with Crippen molar-refractivity contribution in [3.05, 3.63) is 29.6 Å².